The Morgan fingerprint density at radius 3 is 2.41 bits per heavy atom. The summed E-state index contributed by atoms with van der Waals surface area (Å²) >= 11 is 0. The predicted octanol–water partition coefficient (Wildman–Crippen LogP) is 2.15. The van der Waals surface area contributed by atoms with E-state index in [9.17, 15) is 9.90 Å². The van der Waals surface area contributed by atoms with Crippen LogP contribution in [-0.4, -0.2) is 35.2 Å². The Kier molecular flexibility index (Phi) is 4.51. The lowest BCUT2D eigenvalue weighted by atomic mass is 10.0. The van der Waals surface area contributed by atoms with Crippen LogP contribution in [0.25, 0.3) is 0 Å². The molecule has 2 atom stereocenters. The van der Waals surface area contributed by atoms with Crippen molar-refractivity contribution in [2.75, 3.05) is 13.2 Å². The van der Waals surface area contributed by atoms with Crippen LogP contribution in [0.2, 0.25) is 0 Å². The second-order valence-corrected chi connectivity index (χ2v) is 5.39. The monoisotopic (exact) mass is 297 g/mol. The molecule has 0 radical (unpaired) electrons. The average molecular weight is 297 g/mol. The van der Waals surface area contributed by atoms with E-state index in [0.717, 1.165) is 5.56 Å². The Bertz CT molecular complexity index is 615. The van der Waals surface area contributed by atoms with E-state index in [1.54, 1.807) is 17.0 Å². The van der Waals surface area contributed by atoms with Crippen LogP contribution in [-0.2, 0) is 16.1 Å². The van der Waals surface area contributed by atoms with Crippen LogP contribution in [0.5, 0.6) is 0 Å². The minimum Gasteiger partial charge on any atom is -0.385 e. The highest BCUT2D eigenvalue weighted by atomic mass is 16.5. The van der Waals surface area contributed by atoms with Gasteiger partial charge in [-0.25, -0.2) is 0 Å². The van der Waals surface area contributed by atoms with Gasteiger partial charge in [0.05, 0.1) is 6.61 Å². The molecule has 0 unspecified atom stereocenters. The SMILES string of the molecule is O=C1[C@@H]([C@@H](O)c2ccccc2)OCCN1Cc1ccccc1. The third kappa shape index (κ3) is 3.18. The first kappa shape index (κ1) is 14.8. The Balaban J connectivity index is 1.72. The quantitative estimate of drug-likeness (QED) is 0.940. The summed E-state index contributed by atoms with van der Waals surface area (Å²) < 4.78 is 5.53. The largest absolute Gasteiger partial charge is 0.385 e. The minimum atomic E-state index is -0.938. The number of nitrogens with zero attached hydrogens (tertiary/aromatic N) is 1. The third-order valence-corrected chi connectivity index (χ3v) is 3.86. The molecular weight excluding hydrogens is 278 g/mol. The van der Waals surface area contributed by atoms with Crippen molar-refractivity contribution in [3.8, 4) is 0 Å². The van der Waals surface area contributed by atoms with E-state index in [4.69, 9.17) is 4.74 Å². The average Bonchev–Trinajstić information content (AvgIpc) is 2.58. The van der Waals surface area contributed by atoms with Crippen LogP contribution in [0, 0.1) is 0 Å². The Morgan fingerprint density at radius 2 is 1.73 bits per heavy atom. The number of rotatable bonds is 4. The third-order valence-electron chi connectivity index (χ3n) is 3.86. The van der Waals surface area contributed by atoms with Gasteiger partial charge in [0, 0.05) is 13.1 Å². The van der Waals surface area contributed by atoms with Gasteiger partial charge in [-0.2, -0.15) is 0 Å². The van der Waals surface area contributed by atoms with Gasteiger partial charge in [-0.15, -0.1) is 0 Å². The first-order valence-corrected chi connectivity index (χ1v) is 7.43. The standard InChI is InChI=1S/C18H19NO3/c20-16(15-9-5-2-6-10-15)17-18(21)19(11-12-22-17)13-14-7-3-1-4-8-14/h1-10,16-17,20H,11-13H2/t16-,17+/m0/s1. The van der Waals surface area contributed by atoms with Crippen LogP contribution < -0.4 is 0 Å². The summed E-state index contributed by atoms with van der Waals surface area (Å²) in [5.41, 5.74) is 1.77. The number of carbonyl (C=O) groups is 1. The zero-order valence-corrected chi connectivity index (χ0v) is 12.3. The molecule has 1 N–H and O–H groups in total. The van der Waals surface area contributed by atoms with Crippen molar-refractivity contribution < 1.29 is 14.6 Å². The number of aliphatic hydroxyl groups excluding tert-OH is 1. The molecule has 0 bridgehead atoms. The molecule has 2 aromatic carbocycles. The van der Waals surface area contributed by atoms with E-state index in [1.807, 2.05) is 48.5 Å². The minimum absolute atomic E-state index is 0.161. The van der Waals surface area contributed by atoms with Crippen LogP contribution >= 0.6 is 0 Å². The predicted molar refractivity (Wildman–Crippen MR) is 83.0 cm³/mol. The lowest BCUT2D eigenvalue weighted by Gasteiger charge is -2.34. The molecule has 2 aromatic rings. The zero-order valence-electron chi connectivity index (χ0n) is 12.3. The molecular formula is C18H19NO3. The highest BCUT2D eigenvalue weighted by Gasteiger charge is 2.35. The summed E-state index contributed by atoms with van der Waals surface area (Å²) in [7, 11) is 0. The number of hydrogen-bond acceptors (Lipinski definition) is 3. The van der Waals surface area contributed by atoms with E-state index in [-0.39, 0.29) is 5.91 Å². The van der Waals surface area contributed by atoms with Crippen LogP contribution in [0.1, 0.15) is 17.2 Å². The van der Waals surface area contributed by atoms with E-state index in [2.05, 4.69) is 0 Å². The lowest BCUT2D eigenvalue weighted by molar-refractivity contribution is -0.164. The fourth-order valence-electron chi connectivity index (χ4n) is 2.66. The van der Waals surface area contributed by atoms with Gasteiger partial charge >= 0.3 is 0 Å². The molecule has 0 spiro atoms. The smallest absolute Gasteiger partial charge is 0.255 e. The van der Waals surface area contributed by atoms with Crippen molar-refractivity contribution in [2.24, 2.45) is 0 Å². The molecule has 1 heterocycles. The highest BCUT2D eigenvalue weighted by molar-refractivity contribution is 5.82. The van der Waals surface area contributed by atoms with E-state index >= 15 is 0 Å². The summed E-state index contributed by atoms with van der Waals surface area (Å²) in [5.74, 6) is -0.161. The van der Waals surface area contributed by atoms with E-state index in [1.165, 1.54) is 0 Å². The highest BCUT2D eigenvalue weighted by Crippen LogP contribution is 2.24. The summed E-state index contributed by atoms with van der Waals surface area (Å²) in [6.45, 7) is 1.53. The van der Waals surface area contributed by atoms with Gasteiger partial charge in [-0.05, 0) is 11.1 Å². The van der Waals surface area contributed by atoms with Gasteiger partial charge in [0.2, 0.25) is 0 Å². The number of morpholine rings is 1. The normalized spacial score (nSPS) is 20.0. The maximum atomic E-state index is 12.6. The summed E-state index contributed by atoms with van der Waals surface area (Å²) in [6.07, 6.45) is -1.77. The van der Waals surface area contributed by atoms with Gasteiger partial charge in [0.1, 0.15) is 6.10 Å². The van der Waals surface area contributed by atoms with Crippen molar-refractivity contribution in [3.63, 3.8) is 0 Å². The van der Waals surface area contributed by atoms with E-state index < -0.39 is 12.2 Å². The van der Waals surface area contributed by atoms with E-state index in [0.29, 0.717) is 25.3 Å². The van der Waals surface area contributed by atoms with Crippen molar-refractivity contribution in [1.29, 1.82) is 0 Å². The van der Waals surface area contributed by atoms with Crippen molar-refractivity contribution in [2.45, 2.75) is 18.8 Å². The van der Waals surface area contributed by atoms with Crippen molar-refractivity contribution in [1.82, 2.24) is 4.90 Å². The molecule has 0 aliphatic carbocycles. The lowest BCUT2D eigenvalue weighted by Crippen LogP contribution is -2.49. The molecule has 1 amide bonds. The molecule has 4 nitrogen and oxygen atoms in total. The first-order chi connectivity index (χ1) is 10.8. The van der Waals surface area contributed by atoms with Gasteiger partial charge < -0.3 is 14.7 Å². The zero-order chi connectivity index (χ0) is 15.4. The maximum Gasteiger partial charge on any atom is 0.255 e. The number of amides is 1. The number of benzene rings is 2. The van der Waals surface area contributed by atoms with Crippen LogP contribution in [0.15, 0.2) is 60.7 Å². The number of ether oxygens (including phenoxy) is 1. The molecule has 1 aliphatic heterocycles. The summed E-state index contributed by atoms with van der Waals surface area (Å²) in [5, 5.41) is 10.4. The molecule has 3 rings (SSSR count). The second kappa shape index (κ2) is 6.73. The fraction of sp³-hybridized carbons (Fsp3) is 0.278. The van der Waals surface area contributed by atoms with Gasteiger partial charge in [0.25, 0.3) is 5.91 Å². The van der Waals surface area contributed by atoms with Gasteiger partial charge in [0.15, 0.2) is 6.10 Å². The molecule has 1 saturated heterocycles. The topological polar surface area (TPSA) is 49.8 Å². The summed E-state index contributed by atoms with van der Waals surface area (Å²) in [6, 6.07) is 19.0. The van der Waals surface area contributed by atoms with Crippen LogP contribution in [0.3, 0.4) is 0 Å². The Hall–Kier alpha value is -2.17. The van der Waals surface area contributed by atoms with Crippen molar-refractivity contribution >= 4 is 5.91 Å². The number of carbonyl (C=O) groups excluding carboxylic acids is 1. The fourth-order valence-corrected chi connectivity index (χ4v) is 2.66. The molecule has 0 aromatic heterocycles. The van der Waals surface area contributed by atoms with Crippen molar-refractivity contribution in [3.05, 3.63) is 71.8 Å². The molecule has 22 heavy (non-hydrogen) atoms. The molecule has 0 saturated carbocycles. The number of aliphatic hydroxyl groups is 1. The van der Waals surface area contributed by atoms with Gasteiger partial charge in [-0.1, -0.05) is 60.7 Å². The Morgan fingerprint density at radius 1 is 1.09 bits per heavy atom. The number of hydrogen-bond donors (Lipinski definition) is 1. The van der Waals surface area contributed by atoms with Crippen LogP contribution in [0.4, 0.5) is 0 Å². The maximum absolute atomic E-state index is 12.6. The first-order valence-electron chi connectivity index (χ1n) is 7.43. The Labute approximate surface area is 130 Å². The van der Waals surface area contributed by atoms with Gasteiger partial charge in [-0.3, -0.25) is 4.79 Å². The molecule has 114 valence electrons. The second-order valence-electron chi connectivity index (χ2n) is 5.39. The summed E-state index contributed by atoms with van der Waals surface area (Å²) in [4.78, 5) is 14.3. The molecule has 4 heteroatoms. The molecule has 1 aliphatic rings. The molecule has 1 fully saturated rings.